The molecule has 1 aliphatic heterocycles. The topological polar surface area (TPSA) is 78.9 Å². The molecule has 1 aliphatic rings. The Balaban J connectivity index is 2.20. The lowest BCUT2D eigenvalue weighted by Crippen LogP contribution is -2.46. The fraction of sp³-hybridized carbons (Fsp3) is 0.636. The van der Waals surface area contributed by atoms with Crippen LogP contribution >= 0.6 is 0 Å². The van der Waals surface area contributed by atoms with Crippen LogP contribution in [-0.4, -0.2) is 54.4 Å². The van der Waals surface area contributed by atoms with E-state index in [1.54, 1.807) is 0 Å². The molecule has 1 rings (SSSR count). The van der Waals surface area contributed by atoms with Gasteiger partial charge in [-0.1, -0.05) is 12.7 Å². The van der Waals surface area contributed by atoms with Gasteiger partial charge in [-0.15, -0.1) is 0 Å². The first-order valence-electron chi connectivity index (χ1n) is 5.60. The quantitative estimate of drug-likeness (QED) is 0.684. The number of nitrogens with zero attached hydrogens (tertiary/aromatic N) is 1. The van der Waals surface area contributed by atoms with Gasteiger partial charge in [-0.05, 0) is 12.8 Å². The number of rotatable bonds is 5. The van der Waals surface area contributed by atoms with E-state index in [2.05, 4.69) is 11.9 Å². The molecule has 0 bridgehead atoms. The number of piperidine rings is 1. The molecular weight excluding hydrogens is 224 g/mol. The summed E-state index contributed by atoms with van der Waals surface area (Å²) in [6.45, 7) is 5.07. The molecule has 1 amide bonds. The van der Waals surface area contributed by atoms with Gasteiger partial charge in [0.05, 0.1) is 6.54 Å². The van der Waals surface area contributed by atoms with Crippen LogP contribution in [0.5, 0.6) is 0 Å². The van der Waals surface area contributed by atoms with Crippen molar-refractivity contribution in [1.29, 1.82) is 0 Å². The minimum atomic E-state index is -0.818. The van der Waals surface area contributed by atoms with Gasteiger partial charge in [0.15, 0.2) is 0 Å². The average Bonchev–Trinajstić information content (AvgIpc) is 2.28. The Bertz CT molecular complexity index is 285. The lowest BCUT2D eigenvalue weighted by molar-refractivity contribution is -0.138. The van der Waals surface area contributed by atoms with E-state index >= 15 is 0 Å². The number of likely N-dealkylation sites (tertiary alicyclic amines) is 1. The van der Waals surface area contributed by atoms with E-state index in [-0.39, 0.29) is 19.2 Å². The van der Waals surface area contributed by atoms with Gasteiger partial charge in [0.25, 0.3) is 0 Å². The van der Waals surface area contributed by atoms with Crippen molar-refractivity contribution < 1.29 is 19.4 Å². The van der Waals surface area contributed by atoms with Crippen LogP contribution < -0.4 is 5.32 Å². The summed E-state index contributed by atoms with van der Waals surface area (Å²) in [5.41, 5.74) is 0. The maximum absolute atomic E-state index is 11.2. The Hall–Kier alpha value is -1.56. The Morgan fingerprint density at radius 3 is 2.65 bits per heavy atom. The molecule has 96 valence electrons. The van der Waals surface area contributed by atoms with Crippen LogP contribution in [0.2, 0.25) is 0 Å². The third-order valence-corrected chi connectivity index (χ3v) is 2.60. The number of alkyl carbamates (subject to hydrolysis) is 1. The van der Waals surface area contributed by atoms with Gasteiger partial charge in [-0.2, -0.15) is 0 Å². The number of carbonyl (C=O) groups excluding carboxylic acids is 1. The van der Waals surface area contributed by atoms with Crippen molar-refractivity contribution in [3.8, 4) is 0 Å². The van der Waals surface area contributed by atoms with Crippen molar-refractivity contribution in [1.82, 2.24) is 10.2 Å². The van der Waals surface area contributed by atoms with Crippen LogP contribution in [0.4, 0.5) is 4.79 Å². The highest BCUT2D eigenvalue weighted by Crippen LogP contribution is 2.09. The van der Waals surface area contributed by atoms with E-state index < -0.39 is 12.1 Å². The molecule has 0 saturated carbocycles. The van der Waals surface area contributed by atoms with Gasteiger partial charge in [-0.25, -0.2) is 4.79 Å². The second-order valence-electron chi connectivity index (χ2n) is 3.98. The van der Waals surface area contributed by atoms with Gasteiger partial charge in [0.2, 0.25) is 0 Å². The van der Waals surface area contributed by atoms with E-state index in [0.29, 0.717) is 13.1 Å². The maximum Gasteiger partial charge on any atom is 0.407 e. The highest BCUT2D eigenvalue weighted by atomic mass is 16.5. The predicted octanol–water partition coefficient (Wildman–Crippen LogP) is 0.448. The second-order valence-corrected chi connectivity index (χ2v) is 3.98. The molecule has 17 heavy (non-hydrogen) atoms. The van der Waals surface area contributed by atoms with Crippen LogP contribution in [0.3, 0.4) is 0 Å². The zero-order chi connectivity index (χ0) is 12.7. The summed E-state index contributed by atoms with van der Waals surface area (Å²) >= 11 is 0. The summed E-state index contributed by atoms with van der Waals surface area (Å²) in [7, 11) is 0. The number of carboxylic acids is 1. The van der Waals surface area contributed by atoms with Crippen molar-refractivity contribution in [3.05, 3.63) is 12.7 Å². The van der Waals surface area contributed by atoms with Crippen molar-refractivity contribution in [3.63, 3.8) is 0 Å². The molecule has 6 nitrogen and oxygen atoms in total. The lowest BCUT2D eigenvalue weighted by atomic mass is 10.1. The predicted molar refractivity (Wildman–Crippen MR) is 61.8 cm³/mol. The SMILES string of the molecule is C=CCOC(=O)NC1CCN(CC(=O)O)CC1. The largest absolute Gasteiger partial charge is 0.480 e. The fourth-order valence-electron chi connectivity index (χ4n) is 1.77. The Kier molecular flexibility index (Phi) is 5.48. The monoisotopic (exact) mass is 242 g/mol. The van der Waals surface area contributed by atoms with Crippen molar-refractivity contribution in [2.45, 2.75) is 18.9 Å². The number of carbonyl (C=O) groups is 2. The lowest BCUT2D eigenvalue weighted by Gasteiger charge is -2.30. The zero-order valence-corrected chi connectivity index (χ0v) is 9.72. The summed E-state index contributed by atoms with van der Waals surface area (Å²) < 4.78 is 4.81. The summed E-state index contributed by atoms with van der Waals surface area (Å²) in [4.78, 5) is 23.6. The van der Waals surface area contributed by atoms with E-state index in [1.807, 2.05) is 4.90 Å². The first-order valence-corrected chi connectivity index (χ1v) is 5.60. The van der Waals surface area contributed by atoms with Crippen molar-refractivity contribution in [2.24, 2.45) is 0 Å². The summed E-state index contributed by atoms with van der Waals surface area (Å²) in [6.07, 6.45) is 2.56. The number of ether oxygens (including phenoxy) is 1. The number of nitrogens with one attached hydrogen (secondary N) is 1. The average molecular weight is 242 g/mol. The summed E-state index contributed by atoms with van der Waals surface area (Å²) in [6, 6.07) is 0.0670. The zero-order valence-electron chi connectivity index (χ0n) is 9.72. The van der Waals surface area contributed by atoms with Crippen LogP contribution in [0.1, 0.15) is 12.8 Å². The highest BCUT2D eigenvalue weighted by molar-refractivity contribution is 5.69. The van der Waals surface area contributed by atoms with E-state index in [4.69, 9.17) is 9.84 Å². The van der Waals surface area contributed by atoms with Crippen LogP contribution in [-0.2, 0) is 9.53 Å². The number of aliphatic carboxylic acids is 1. The molecule has 0 aromatic rings. The van der Waals surface area contributed by atoms with Gasteiger partial charge >= 0.3 is 12.1 Å². The van der Waals surface area contributed by atoms with E-state index in [1.165, 1.54) is 6.08 Å². The minimum Gasteiger partial charge on any atom is -0.480 e. The van der Waals surface area contributed by atoms with E-state index in [9.17, 15) is 9.59 Å². The smallest absolute Gasteiger partial charge is 0.407 e. The molecule has 0 aliphatic carbocycles. The molecule has 0 unspecified atom stereocenters. The number of carboxylic acid groups (broad SMARTS) is 1. The summed E-state index contributed by atoms with van der Waals surface area (Å²) in [5, 5.41) is 11.4. The molecular formula is C11H18N2O4. The number of hydrogen-bond acceptors (Lipinski definition) is 4. The Morgan fingerprint density at radius 2 is 2.12 bits per heavy atom. The molecule has 0 aromatic carbocycles. The van der Waals surface area contributed by atoms with Gasteiger partial charge in [-0.3, -0.25) is 9.69 Å². The van der Waals surface area contributed by atoms with Crippen LogP contribution in [0.15, 0.2) is 12.7 Å². The molecule has 1 fully saturated rings. The van der Waals surface area contributed by atoms with Gasteiger partial charge in [0, 0.05) is 19.1 Å². The second kappa shape index (κ2) is 6.90. The first-order chi connectivity index (χ1) is 8.11. The van der Waals surface area contributed by atoms with Gasteiger partial charge in [0.1, 0.15) is 6.61 Å². The first kappa shape index (κ1) is 13.5. The molecule has 0 aromatic heterocycles. The molecule has 1 heterocycles. The molecule has 0 radical (unpaired) electrons. The third-order valence-electron chi connectivity index (χ3n) is 2.60. The number of amides is 1. The van der Waals surface area contributed by atoms with Crippen LogP contribution in [0, 0.1) is 0 Å². The van der Waals surface area contributed by atoms with Gasteiger partial charge < -0.3 is 15.2 Å². The highest BCUT2D eigenvalue weighted by Gasteiger charge is 2.21. The molecule has 6 heteroatoms. The van der Waals surface area contributed by atoms with Crippen molar-refractivity contribution >= 4 is 12.1 Å². The molecule has 0 spiro atoms. The molecule has 2 N–H and O–H groups in total. The Labute approximate surface area is 100 Å². The minimum absolute atomic E-state index is 0.0631. The Morgan fingerprint density at radius 1 is 1.47 bits per heavy atom. The third kappa shape index (κ3) is 5.35. The van der Waals surface area contributed by atoms with Crippen LogP contribution in [0.25, 0.3) is 0 Å². The van der Waals surface area contributed by atoms with Crippen molar-refractivity contribution in [2.75, 3.05) is 26.2 Å². The fourth-order valence-corrected chi connectivity index (χ4v) is 1.77. The summed E-state index contributed by atoms with van der Waals surface area (Å²) in [5.74, 6) is -0.818. The number of hydrogen-bond donors (Lipinski definition) is 2. The molecule has 0 atom stereocenters. The normalized spacial score (nSPS) is 17.4. The van der Waals surface area contributed by atoms with E-state index in [0.717, 1.165) is 12.8 Å². The maximum atomic E-state index is 11.2. The molecule has 1 saturated heterocycles. The standard InChI is InChI=1S/C11H18N2O4/c1-2-7-17-11(16)12-9-3-5-13(6-4-9)8-10(14)15/h2,9H,1,3-8H2,(H,12,16)(H,14,15).